The summed E-state index contributed by atoms with van der Waals surface area (Å²) in [5.74, 6) is 0.566. The first-order valence-electron chi connectivity index (χ1n) is 8.72. The van der Waals surface area contributed by atoms with Gasteiger partial charge < -0.3 is 14.9 Å². The molecule has 5 heterocycles. The molecular formula is C17H23ClN4O2. The number of rotatable bonds is 3. The zero-order chi connectivity index (χ0) is 16.7. The van der Waals surface area contributed by atoms with Crippen LogP contribution in [0.2, 0.25) is 5.02 Å². The van der Waals surface area contributed by atoms with Crippen LogP contribution in [0.25, 0.3) is 0 Å². The lowest BCUT2D eigenvalue weighted by Crippen LogP contribution is -2.61. The van der Waals surface area contributed by atoms with Crippen LogP contribution in [0.1, 0.15) is 23.2 Å². The van der Waals surface area contributed by atoms with Crippen LogP contribution < -0.4 is 4.90 Å². The van der Waals surface area contributed by atoms with E-state index in [-0.39, 0.29) is 5.56 Å². The van der Waals surface area contributed by atoms with Crippen molar-refractivity contribution in [3.8, 4) is 0 Å². The van der Waals surface area contributed by atoms with Gasteiger partial charge in [-0.05, 0) is 37.9 Å². The van der Waals surface area contributed by atoms with E-state index in [0.717, 1.165) is 32.1 Å². The summed E-state index contributed by atoms with van der Waals surface area (Å²) in [5, 5.41) is 9.44. The molecule has 4 saturated heterocycles. The zero-order valence-electron chi connectivity index (χ0n) is 13.7. The van der Waals surface area contributed by atoms with Gasteiger partial charge in [-0.3, -0.25) is 4.90 Å². The van der Waals surface area contributed by atoms with E-state index < -0.39 is 5.97 Å². The van der Waals surface area contributed by atoms with Crippen LogP contribution in [0, 0.1) is 5.92 Å². The molecular weight excluding hydrogens is 328 g/mol. The van der Waals surface area contributed by atoms with Crippen LogP contribution in [0.15, 0.2) is 12.3 Å². The van der Waals surface area contributed by atoms with Crippen molar-refractivity contribution >= 4 is 23.4 Å². The summed E-state index contributed by atoms with van der Waals surface area (Å²) in [4.78, 5) is 22.7. The smallest absolute Gasteiger partial charge is 0.337 e. The van der Waals surface area contributed by atoms with E-state index in [0.29, 0.717) is 16.9 Å². The van der Waals surface area contributed by atoms with Gasteiger partial charge in [0.2, 0.25) is 0 Å². The minimum atomic E-state index is -0.997. The first-order valence-corrected chi connectivity index (χ1v) is 9.10. The van der Waals surface area contributed by atoms with Crippen molar-refractivity contribution in [3.05, 3.63) is 22.8 Å². The van der Waals surface area contributed by atoms with Crippen molar-refractivity contribution in [2.75, 3.05) is 50.7 Å². The third kappa shape index (κ3) is 2.98. The second-order valence-corrected chi connectivity index (χ2v) is 7.47. The molecule has 0 aromatic carbocycles. The Hall–Kier alpha value is -1.37. The number of aromatic nitrogens is 1. The second-order valence-electron chi connectivity index (χ2n) is 7.06. The molecule has 6 nitrogen and oxygen atoms in total. The fraction of sp³-hybridized carbons (Fsp3) is 0.647. The Bertz CT molecular complexity index is 625. The average Bonchev–Trinajstić information content (AvgIpc) is 2.62. The maximum atomic E-state index is 11.0. The fourth-order valence-corrected chi connectivity index (χ4v) is 4.68. The van der Waals surface area contributed by atoms with Crippen molar-refractivity contribution in [1.82, 2.24) is 14.8 Å². The summed E-state index contributed by atoms with van der Waals surface area (Å²) < 4.78 is 0. The Morgan fingerprint density at radius 3 is 2.42 bits per heavy atom. The van der Waals surface area contributed by atoms with Crippen LogP contribution in [-0.2, 0) is 0 Å². The van der Waals surface area contributed by atoms with Gasteiger partial charge in [-0.1, -0.05) is 11.6 Å². The fourth-order valence-electron chi connectivity index (χ4n) is 4.39. The number of carboxylic acid groups (broad SMARTS) is 1. The Kier molecular flexibility index (Phi) is 4.37. The van der Waals surface area contributed by atoms with Crippen molar-refractivity contribution in [2.45, 2.75) is 18.9 Å². The van der Waals surface area contributed by atoms with Crippen LogP contribution in [-0.4, -0.2) is 77.7 Å². The lowest BCUT2D eigenvalue weighted by molar-refractivity contribution is 0.00306. The molecule has 0 radical (unpaired) electrons. The summed E-state index contributed by atoms with van der Waals surface area (Å²) in [6.07, 6.45) is 4.08. The number of carboxylic acids is 1. The maximum Gasteiger partial charge on any atom is 0.337 e. The molecule has 1 aromatic rings. The van der Waals surface area contributed by atoms with E-state index >= 15 is 0 Å². The van der Waals surface area contributed by atoms with Gasteiger partial charge in [-0.2, -0.15) is 0 Å². The summed E-state index contributed by atoms with van der Waals surface area (Å²) in [5.41, 5.74) is 0.134. The predicted molar refractivity (Wildman–Crippen MR) is 92.9 cm³/mol. The standard InChI is InChI=1S/C17H23ClN4O2/c18-14-9-13(17(23)24)10-19-16(14)22-7-5-21(6-8-22)15-11-20-3-1-12(15)2-4-20/h9-10,12,15H,1-8,11H2,(H,23,24)/t15-/m0/s1. The van der Waals surface area contributed by atoms with Gasteiger partial charge in [0.25, 0.3) is 0 Å². The number of nitrogens with zero attached hydrogens (tertiary/aromatic N) is 4. The van der Waals surface area contributed by atoms with Crippen molar-refractivity contribution < 1.29 is 9.90 Å². The molecule has 4 aliphatic rings. The number of anilines is 1. The average molecular weight is 351 g/mol. The van der Waals surface area contributed by atoms with E-state index in [2.05, 4.69) is 19.7 Å². The summed E-state index contributed by atoms with van der Waals surface area (Å²) in [6.45, 7) is 7.59. The highest BCUT2D eigenvalue weighted by molar-refractivity contribution is 6.33. The monoisotopic (exact) mass is 350 g/mol. The lowest BCUT2D eigenvalue weighted by atomic mass is 9.83. The number of carbonyl (C=O) groups is 1. The number of hydrogen-bond acceptors (Lipinski definition) is 5. The third-order valence-corrected chi connectivity index (χ3v) is 6.05. The Morgan fingerprint density at radius 2 is 1.88 bits per heavy atom. The Morgan fingerprint density at radius 1 is 1.17 bits per heavy atom. The van der Waals surface area contributed by atoms with Crippen LogP contribution in [0.3, 0.4) is 0 Å². The molecule has 1 N–H and O–H groups in total. The largest absolute Gasteiger partial charge is 0.478 e. The van der Waals surface area contributed by atoms with Crippen molar-refractivity contribution in [3.63, 3.8) is 0 Å². The van der Waals surface area contributed by atoms with Gasteiger partial charge >= 0.3 is 5.97 Å². The normalized spacial score (nSPS) is 30.5. The number of halogens is 1. The summed E-state index contributed by atoms with van der Waals surface area (Å²) >= 11 is 6.26. The van der Waals surface area contributed by atoms with Crippen molar-refractivity contribution in [1.29, 1.82) is 0 Å². The van der Waals surface area contributed by atoms with Gasteiger partial charge in [-0.25, -0.2) is 9.78 Å². The van der Waals surface area contributed by atoms with E-state index in [1.807, 2.05) is 0 Å². The molecule has 2 bridgehead atoms. The van der Waals surface area contributed by atoms with Crippen LogP contribution in [0.4, 0.5) is 5.82 Å². The number of piperazine rings is 1. The molecule has 1 aromatic heterocycles. The van der Waals surface area contributed by atoms with Gasteiger partial charge in [0, 0.05) is 45.0 Å². The second kappa shape index (κ2) is 6.50. The topological polar surface area (TPSA) is 59.9 Å². The first kappa shape index (κ1) is 16.1. The molecule has 7 heteroatoms. The number of aromatic carboxylic acids is 1. The van der Waals surface area contributed by atoms with Gasteiger partial charge in [0.1, 0.15) is 5.82 Å². The predicted octanol–water partition coefficient (Wildman–Crippen LogP) is 1.65. The molecule has 130 valence electrons. The molecule has 24 heavy (non-hydrogen) atoms. The SMILES string of the molecule is O=C(O)c1cnc(N2CCN([C@H]3CN4CCC3CC4)CC2)c(Cl)c1. The number of piperidine rings is 3. The molecule has 0 aliphatic carbocycles. The van der Waals surface area contributed by atoms with Gasteiger partial charge in [-0.15, -0.1) is 0 Å². The minimum absolute atomic E-state index is 0.134. The van der Waals surface area contributed by atoms with Crippen molar-refractivity contribution in [2.24, 2.45) is 5.92 Å². The molecule has 0 unspecified atom stereocenters. The first-order chi connectivity index (χ1) is 11.6. The van der Waals surface area contributed by atoms with Gasteiger partial charge in [0.05, 0.1) is 10.6 Å². The van der Waals surface area contributed by atoms with E-state index in [1.54, 1.807) is 0 Å². The number of pyridine rings is 1. The molecule has 5 rings (SSSR count). The van der Waals surface area contributed by atoms with Crippen LogP contribution in [0.5, 0.6) is 0 Å². The van der Waals surface area contributed by atoms with E-state index in [4.69, 9.17) is 16.7 Å². The minimum Gasteiger partial charge on any atom is -0.478 e. The van der Waals surface area contributed by atoms with Gasteiger partial charge in [0.15, 0.2) is 0 Å². The highest BCUT2D eigenvalue weighted by atomic mass is 35.5. The third-order valence-electron chi connectivity index (χ3n) is 5.77. The summed E-state index contributed by atoms with van der Waals surface area (Å²) in [6, 6.07) is 2.19. The molecule has 4 aliphatic heterocycles. The molecule has 4 fully saturated rings. The highest BCUT2D eigenvalue weighted by Crippen LogP contribution is 2.32. The van der Waals surface area contributed by atoms with E-state index in [1.165, 1.54) is 44.7 Å². The molecule has 0 saturated carbocycles. The highest BCUT2D eigenvalue weighted by Gasteiger charge is 2.38. The molecule has 0 spiro atoms. The van der Waals surface area contributed by atoms with Crippen LogP contribution >= 0.6 is 11.6 Å². The summed E-state index contributed by atoms with van der Waals surface area (Å²) in [7, 11) is 0. The zero-order valence-corrected chi connectivity index (χ0v) is 14.5. The maximum absolute atomic E-state index is 11.0. The van der Waals surface area contributed by atoms with E-state index in [9.17, 15) is 4.79 Å². The Labute approximate surface area is 147 Å². The quantitative estimate of drug-likeness (QED) is 0.894. The molecule has 0 amide bonds. The number of fused-ring (bicyclic) bond motifs is 3. The molecule has 1 atom stereocenters. The Balaban J connectivity index is 1.40. The lowest BCUT2D eigenvalue weighted by Gasteiger charge is -2.51. The number of hydrogen-bond donors (Lipinski definition) is 1.